The Bertz CT molecular complexity index is 814. The van der Waals surface area contributed by atoms with Crippen molar-refractivity contribution >= 4 is 29.9 Å². The van der Waals surface area contributed by atoms with Crippen LogP contribution in [-0.4, -0.2) is 44.0 Å². The van der Waals surface area contributed by atoms with Crippen LogP contribution in [0.15, 0.2) is 41.4 Å². The third-order valence-electron chi connectivity index (χ3n) is 4.12. The SMILES string of the molecule is CN=C(NCc1ccc(OC)c(O)c1)N(C)Cc1ccc2c(c1)OCO2.I. The Balaban J connectivity index is 0.00000261. The monoisotopic (exact) mass is 485 g/mol. The minimum atomic E-state index is 0. The number of ether oxygens (including phenoxy) is 3. The Kier molecular flexibility index (Phi) is 7.40. The van der Waals surface area contributed by atoms with Crippen molar-refractivity contribution in [1.29, 1.82) is 0 Å². The lowest BCUT2D eigenvalue weighted by Crippen LogP contribution is -2.38. The normalized spacial score (nSPS) is 12.3. The number of aromatic hydroxyl groups is 1. The predicted octanol–water partition coefficient (Wildman–Crippen LogP) is 2.95. The van der Waals surface area contributed by atoms with E-state index in [-0.39, 0.29) is 36.5 Å². The second-order valence-corrected chi connectivity index (χ2v) is 5.95. The highest BCUT2D eigenvalue weighted by molar-refractivity contribution is 14.0. The summed E-state index contributed by atoms with van der Waals surface area (Å²) in [5.74, 6) is 2.87. The second-order valence-electron chi connectivity index (χ2n) is 5.95. The zero-order valence-electron chi connectivity index (χ0n) is 15.6. The van der Waals surface area contributed by atoms with Crippen LogP contribution in [0.3, 0.4) is 0 Å². The number of aliphatic imine (C=N–C) groups is 1. The fourth-order valence-corrected chi connectivity index (χ4v) is 2.80. The maximum atomic E-state index is 9.88. The van der Waals surface area contributed by atoms with Crippen LogP contribution in [0.5, 0.6) is 23.0 Å². The van der Waals surface area contributed by atoms with Gasteiger partial charge in [-0.15, -0.1) is 24.0 Å². The van der Waals surface area contributed by atoms with Gasteiger partial charge in [0.05, 0.1) is 7.11 Å². The van der Waals surface area contributed by atoms with E-state index in [9.17, 15) is 5.11 Å². The summed E-state index contributed by atoms with van der Waals surface area (Å²) in [5, 5.41) is 13.2. The lowest BCUT2D eigenvalue weighted by Gasteiger charge is -2.22. The van der Waals surface area contributed by atoms with Crippen molar-refractivity contribution in [2.45, 2.75) is 13.1 Å². The van der Waals surface area contributed by atoms with E-state index < -0.39 is 0 Å². The zero-order chi connectivity index (χ0) is 18.5. The number of nitrogens with zero attached hydrogens (tertiary/aromatic N) is 2. The van der Waals surface area contributed by atoms with E-state index in [1.54, 1.807) is 19.2 Å². The highest BCUT2D eigenvalue weighted by Gasteiger charge is 2.15. The number of rotatable bonds is 5. The molecule has 0 fully saturated rings. The Morgan fingerprint density at radius 1 is 1.19 bits per heavy atom. The third kappa shape index (κ3) is 5.09. The zero-order valence-corrected chi connectivity index (χ0v) is 17.9. The molecule has 0 aliphatic carbocycles. The molecule has 8 heteroatoms. The first-order valence-corrected chi connectivity index (χ1v) is 8.27. The summed E-state index contributed by atoms with van der Waals surface area (Å²) >= 11 is 0. The van der Waals surface area contributed by atoms with Crippen LogP contribution < -0.4 is 19.5 Å². The van der Waals surface area contributed by atoms with Crippen LogP contribution in [0, 0.1) is 0 Å². The van der Waals surface area contributed by atoms with Crippen LogP contribution in [0.4, 0.5) is 0 Å². The summed E-state index contributed by atoms with van der Waals surface area (Å²) in [4.78, 5) is 6.33. The van der Waals surface area contributed by atoms with Crippen LogP contribution in [0.1, 0.15) is 11.1 Å². The van der Waals surface area contributed by atoms with Gasteiger partial charge in [-0.2, -0.15) is 0 Å². The van der Waals surface area contributed by atoms with Gasteiger partial charge in [-0.05, 0) is 35.4 Å². The van der Waals surface area contributed by atoms with Gasteiger partial charge in [-0.1, -0.05) is 12.1 Å². The molecule has 2 N–H and O–H groups in total. The van der Waals surface area contributed by atoms with Crippen molar-refractivity contribution in [1.82, 2.24) is 10.2 Å². The molecule has 3 rings (SSSR count). The number of halogens is 1. The molecule has 1 heterocycles. The van der Waals surface area contributed by atoms with Crippen molar-refractivity contribution in [2.75, 3.05) is 28.0 Å². The minimum absolute atomic E-state index is 0. The molecular weight excluding hydrogens is 461 g/mol. The number of methoxy groups -OCH3 is 1. The number of nitrogens with one attached hydrogen (secondary N) is 1. The predicted molar refractivity (Wildman–Crippen MR) is 114 cm³/mol. The summed E-state index contributed by atoms with van der Waals surface area (Å²) < 4.78 is 15.8. The van der Waals surface area contributed by atoms with Gasteiger partial charge < -0.3 is 29.5 Å². The molecule has 0 amide bonds. The van der Waals surface area contributed by atoms with Gasteiger partial charge in [-0.3, -0.25) is 4.99 Å². The molecule has 2 aromatic carbocycles. The van der Waals surface area contributed by atoms with Gasteiger partial charge in [0.15, 0.2) is 29.0 Å². The van der Waals surface area contributed by atoms with Crippen LogP contribution in [0.25, 0.3) is 0 Å². The van der Waals surface area contributed by atoms with E-state index in [0.717, 1.165) is 28.6 Å². The maximum Gasteiger partial charge on any atom is 0.231 e. The largest absolute Gasteiger partial charge is 0.504 e. The molecule has 2 aromatic rings. The van der Waals surface area contributed by atoms with Gasteiger partial charge >= 0.3 is 0 Å². The summed E-state index contributed by atoms with van der Waals surface area (Å²) in [5.41, 5.74) is 2.03. The van der Waals surface area contributed by atoms with E-state index in [1.807, 2.05) is 36.2 Å². The number of phenolic OH excluding ortho intramolecular Hbond substituents is 1. The molecule has 0 spiro atoms. The van der Waals surface area contributed by atoms with Gasteiger partial charge in [0.25, 0.3) is 0 Å². The van der Waals surface area contributed by atoms with Crippen molar-refractivity contribution < 1.29 is 19.3 Å². The molecule has 0 bridgehead atoms. The summed E-state index contributed by atoms with van der Waals surface area (Å²) in [6.07, 6.45) is 0. The molecule has 0 saturated carbocycles. The lowest BCUT2D eigenvalue weighted by atomic mass is 10.2. The third-order valence-corrected chi connectivity index (χ3v) is 4.12. The number of benzene rings is 2. The summed E-state index contributed by atoms with van der Waals surface area (Å²) in [6.45, 7) is 1.48. The Morgan fingerprint density at radius 3 is 2.63 bits per heavy atom. The van der Waals surface area contributed by atoms with E-state index in [0.29, 0.717) is 18.8 Å². The molecule has 0 aromatic heterocycles. The molecule has 27 heavy (non-hydrogen) atoms. The topological polar surface area (TPSA) is 75.6 Å². The molecule has 1 aliphatic heterocycles. The van der Waals surface area contributed by atoms with E-state index in [1.165, 1.54) is 7.11 Å². The van der Waals surface area contributed by atoms with Gasteiger partial charge in [0.2, 0.25) is 6.79 Å². The van der Waals surface area contributed by atoms with Crippen LogP contribution in [0.2, 0.25) is 0 Å². The summed E-state index contributed by atoms with van der Waals surface area (Å²) in [6, 6.07) is 11.2. The van der Waals surface area contributed by atoms with Crippen molar-refractivity contribution in [3.63, 3.8) is 0 Å². The first kappa shape index (κ1) is 20.9. The van der Waals surface area contributed by atoms with Gasteiger partial charge in [0, 0.05) is 27.2 Å². The molecule has 0 saturated heterocycles. The number of fused-ring (bicyclic) bond motifs is 1. The van der Waals surface area contributed by atoms with Gasteiger partial charge in [0.1, 0.15) is 0 Å². The molecule has 0 radical (unpaired) electrons. The van der Waals surface area contributed by atoms with Crippen LogP contribution in [-0.2, 0) is 13.1 Å². The van der Waals surface area contributed by atoms with Crippen molar-refractivity contribution in [3.05, 3.63) is 47.5 Å². The van der Waals surface area contributed by atoms with E-state index in [2.05, 4.69) is 10.3 Å². The number of guanidine groups is 1. The fourth-order valence-electron chi connectivity index (χ4n) is 2.80. The average Bonchev–Trinajstić information content (AvgIpc) is 3.10. The number of hydrogen-bond donors (Lipinski definition) is 2. The number of phenols is 1. The average molecular weight is 485 g/mol. The first-order chi connectivity index (χ1) is 12.6. The molecule has 146 valence electrons. The Hall–Kier alpha value is -2.36. The standard InChI is InChI=1S/C19H23N3O4.HI/c1-20-19(21-10-13-4-6-16(24-3)15(23)8-13)22(2)11-14-5-7-17-18(9-14)26-12-25-17;/h4-9,23H,10-12H2,1-3H3,(H,20,21);1H. The molecule has 0 atom stereocenters. The van der Waals surface area contributed by atoms with E-state index >= 15 is 0 Å². The Morgan fingerprint density at radius 2 is 1.93 bits per heavy atom. The Labute approximate surface area is 176 Å². The molecule has 0 unspecified atom stereocenters. The van der Waals surface area contributed by atoms with Crippen molar-refractivity contribution in [3.8, 4) is 23.0 Å². The highest BCUT2D eigenvalue weighted by atomic mass is 127. The minimum Gasteiger partial charge on any atom is -0.504 e. The second kappa shape index (κ2) is 9.54. The smallest absolute Gasteiger partial charge is 0.231 e. The van der Waals surface area contributed by atoms with Gasteiger partial charge in [-0.25, -0.2) is 0 Å². The number of hydrogen-bond acceptors (Lipinski definition) is 5. The maximum absolute atomic E-state index is 9.88. The van der Waals surface area contributed by atoms with E-state index in [4.69, 9.17) is 14.2 Å². The fraction of sp³-hybridized carbons (Fsp3) is 0.316. The lowest BCUT2D eigenvalue weighted by molar-refractivity contribution is 0.174. The van der Waals surface area contributed by atoms with Crippen molar-refractivity contribution in [2.24, 2.45) is 4.99 Å². The first-order valence-electron chi connectivity index (χ1n) is 8.27. The molecule has 7 nitrogen and oxygen atoms in total. The molecular formula is C19H24IN3O4. The van der Waals surface area contributed by atoms with Crippen LogP contribution >= 0.6 is 24.0 Å². The quantitative estimate of drug-likeness (QED) is 0.386. The summed E-state index contributed by atoms with van der Waals surface area (Å²) in [7, 11) is 5.23. The molecule has 1 aliphatic rings. The highest BCUT2D eigenvalue weighted by Crippen LogP contribution is 2.32.